The van der Waals surface area contributed by atoms with Crippen molar-refractivity contribution >= 4 is 17.5 Å². The van der Waals surface area contributed by atoms with Crippen molar-refractivity contribution in [1.29, 1.82) is 0 Å². The molecule has 5 heteroatoms. The molecule has 0 aromatic heterocycles. The number of piperazine rings is 1. The molecule has 2 rings (SSSR count). The number of ether oxygens (including phenoxy) is 1. The molecule has 1 aromatic carbocycles. The fourth-order valence-corrected chi connectivity index (χ4v) is 2.24. The molecule has 1 aliphatic rings. The molecule has 1 aromatic rings. The van der Waals surface area contributed by atoms with E-state index in [1.807, 2.05) is 18.7 Å². The minimum Gasteiger partial charge on any atom is -0.490 e. The molecule has 1 heterocycles. The van der Waals surface area contributed by atoms with E-state index in [-0.39, 0.29) is 12.0 Å². The van der Waals surface area contributed by atoms with Crippen LogP contribution in [-0.4, -0.2) is 43.1 Å². The summed E-state index contributed by atoms with van der Waals surface area (Å²) in [5.74, 6) is 0.586. The maximum Gasteiger partial charge on any atom is 0.257 e. The van der Waals surface area contributed by atoms with Crippen LogP contribution >= 0.6 is 11.6 Å². The molecule has 104 valence electrons. The lowest BCUT2D eigenvalue weighted by atomic mass is 10.1. The van der Waals surface area contributed by atoms with Crippen molar-refractivity contribution in [2.24, 2.45) is 0 Å². The van der Waals surface area contributed by atoms with Crippen molar-refractivity contribution in [2.45, 2.75) is 20.0 Å². The molecule has 1 fully saturated rings. The monoisotopic (exact) mass is 282 g/mol. The van der Waals surface area contributed by atoms with Gasteiger partial charge in [0.05, 0.1) is 11.7 Å². The van der Waals surface area contributed by atoms with Gasteiger partial charge in [-0.1, -0.05) is 11.6 Å². The minimum atomic E-state index is -0.0142. The number of nitrogens with zero attached hydrogens (tertiary/aromatic N) is 1. The van der Waals surface area contributed by atoms with E-state index < -0.39 is 0 Å². The van der Waals surface area contributed by atoms with Crippen molar-refractivity contribution in [1.82, 2.24) is 10.2 Å². The fourth-order valence-electron chi connectivity index (χ4n) is 2.06. The molecule has 1 aliphatic heterocycles. The first-order chi connectivity index (χ1) is 9.08. The smallest absolute Gasteiger partial charge is 0.257 e. The second-order valence-corrected chi connectivity index (χ2v) is 5.29. The third kappa shape index (κ3) is 3.61. The Labute approximate surface area is 118 Å². The van der Waals surface area contributed by atoms with E-state index >= 15 is 0 Å². The highest BCUT2D eigenvalue weighted by atomic mass is 35.5. The van der Waals surface area contributed by atoms with E-state index in [0.717, 1.165) is 13.1 Å². The van der Waals surface area contributed by atoms with Crippen molar-refractivity contribution < 1.29 is 9.53 Å². The Morgan fingerprint density at radius 2 is 2.05 bits per heavy atom. The van der Waals surface area contributed by atoms with Gasteiger partial charge in [0.15, 0.2) is 0 Å². The summed E-state index contributed by atoms with van der Waals surface area (Å²) in [6.07, 6.45) is 0.0238. The predicted molar refractivity (Wildman–Crippen MR) is 76.0 cm³/mol. The van der Waals surface area contributed by atoms with Crippen LogP contribution in [0.25, 0.3) is 0 Å². The number of carbonyl (C=O) groups is 1. The first-order valence-electron chi connectivity index (χ1n) is 6.54. The zero-order valence-corrected chi connectivity index (χ0v) is 12.0. The zero-order chi connectivity index (χ0) is 13.8. The highest BCUT2D eigenvalue weighted by molar-refractivity contribution is 6.31. The molecule has 0 atom stereocenters. The molecule has 0 saturated carbocycles. The summed E-state index contributed by atoms with van der Waals surface area (Å²) >= 11 is 6.00. The third-order valence-corrected chi connectivity index (χ3v) is 3.17. The van der Waals surface area contributed by atoms with Crippen LogP contribution in [0, 0.1) is 0 Å². The first kappa shape index (κ1) is 14.2. The van der Waals surface area contributed by atoms with Crippen molar-refractivity contribution in [3.63, 3.8) is 0 Å². The number of rotatable bonds is 3. The van der Waals surface area contributed by atoms with Gasteiger partial charge in [-0.3, -0.25) is 4.79 Å². The maximum atomic E-state index is 12.5. The first-order valence-corrected chi connectivity index (χ1v) is 6.92. The summed E-state index contributed by atoms with van der Waals surface area (Å²) < 4.78 is 5.69. The van der Waals surface area contributed by atoms with Gasteiger partial charge in [0.2, 0.25) is 0 Å². The predicted octanol–water partition coefficient (Wildman–Crippen LogP) is 2.17. The van der Waals surface area contributed by atoms with Crippen molar-refractivity contribution in [2.75, 3.05) is 26.2 Å². The number of hydrogen-bond donors (Lipinski definition) is 1. The number of benzene rings is 1. The van der Waals surface area contributed by atoms with Crippen LogP contribution in [0.5, 0.6) is 5.75 Å². The average Bonchev–Trinajstić information content (AvgIpc) is 2.40. The van der Waals surface area contributed by atoms with E-state index in [9.17, 15) is 4.79 Å². The van der Waals surface area contributed by atoms with Crippen LogP contribution in [0.4, 0.5) is 0 Å². The summed E-state index contributed by atoms with van der Waals surface area (Å²) in [5.41, 5.74) is 0.545. The Balaban J connectivity index is 2.25. The Morgan fingerprint density at radius 3 is 2.68 bits per heavy atom. The van der Waals surface area contributed by atoms with Crippen LogP contribution in [0.15, 0.2) is 18.2 Å². The molecular formula is C14H19ClN2O2. The van der Waals surface area contributed by atoms with Gasteiger partial charge in [0, 0.05) is 31.2 Å². The molecular weight excluding hydrogens is 264 g/mol. The standard InChI is InChI=1S/C14H19ClN2O2/c1-10(2)19-13-4-3-11(15)9-12(13)14(18)17-7-5-16-6-8-17/h3-4,9-10,16H,5-8H2,1-2H3. The average molecular weight is 283 g/mol. The van der Waals surface area contributed by atoms with Gasteiger partial charge in [-0.05, 0) is 32.0 Å². The second-order valence-electron chi connectivity index (χ2n) is 4.85. The van der Waals surface area contributed by atoms with Crippen LogP contribution in [0.3, 0.4) is 0 Å². The topological polar surface area (TPSA) is 41.6 Å². The zero-order valence-electron chi connectivity index (χ0n) is 11.3. The quantitative estimate of drug-likeness (QED) is 0.924. The summed E-state index contributed by atoms with van der Waals surface area (Å²) in [4.78, 5) is 14.3. The van der Waals surface area contributed by atoms with Crippen LogP contribution in [0.1, 0.15) is 24.2 Å². The molecule has 1 saturated heterocycles. The largest absolute Gasteiger partial charge is 0.490 e. The molecule has 0 bridgehead atoms. The molecule has 0 unspecified atom stereocenters. The minimum absolute atomic E-state index is 0.0142. The van der Waals surface area contributed by atoms with Gasteiger partial charge < -0.3 is 15.0 Å². The molecule has 1 amide bonds. The van der Waals surface area contributed by atoms with E-state index in [1.54, 1.807) is 18.2 Å². The molecule has 4 nitrogen and oxygen atoms in total. The van der Waals surface area contributed by atoms with E-state index in [2.05, 4.69) is 5.32 Å². The molecule has 0 aliphatic carbocycles. The normalized spacial score (nSPS) is 15.7. The highest BCUT2D eigenvalue weighted by Gasteiger charge is 2.22. The number of nitrogens with one attached hydrogen (secondary N) is 1. The van der Waals surface area contributed by atoms with Crippen LogP contribution < -0.4 is 10.1 Å². The molecule has 0 spiro atoms. The summed E-state index contributed by atoms with van der Waals surface area (Å²) in [7, 11) is 0. The lowest BCUT2D eigenvalue weighted by molar-refractivity contribution is 0.0729. The summed E-state index contributed by atoms with van der Waals surface area (Å²) in [6, 6.07) is 5.19. The Kier molecular flexibility index (Phi) is 4.66. The maximum absolute atomic E-state index is 12.5. The van der Waals surface area contributed by atoms with E-state index in [4.69, 9.17) is 16.3 Å². The molecule has 19 heavy (non-hydrogen) atoms. The molecule has 0 radical (unpaired) electrons. The highest BCUT2D eigenvalue weighted by Crippen LogP contribution is 2.25. The van der Waals surface area contributed by atoms with Gasteiger partial charge in [-0.25, -0.2) is 0 Å². The number of hydrogen-bond acceptors (Lipinski definition) is 3. The second kappa shape index (κ2) is 6.26. The van der Waals surface area contributed by atoms with Crippen LogP contribution in [0.2, 0.25) is 5.02 Å². The Bertz CT molecular complexity index is 457. The van der Waals surface area contributed by atoms with Gasteiger partial charge in [-0.2, -0.15) is 0 Å². The lowest BCUT2D eigenvalue weighted by Crippen LogP contribution is -2.46. The van der Waals surface area contributed by atoms with Gasteiger partial charge >= 0.3 is 0 Å². The van der Waals surface area contributed by atoms with Crippen molar-refractivity contribution in [3.8, 4) is 5.75 Å². The third-order valence-electron chi connectivity index (χ3n) is 2.94. The summed E-state index contributed by atoms with van der Waals surface area (Å²) in [6.45, 7) is 6.96. The number of amides is 1. The Hall–Kier alpha value is -1.26. The fraction of sp³-hybridized carbons (Fsp3) is 0.500. The lowest BCUT2D eigenvalue weighted by Gasteiger charge is -2.28. The Morgan fingerprint density at radius 1 is 1.37 bits per heavy atom. The SMILES string of the molecule is CC(C)Oc1ccc(Cl)cc1C(=O)N1CCNCC1. The summed E-state index contributed by atoms with van der Waals surface area (Å²) in [5, 5.41) is 3.78. The van der Waals surface area contributed by atoms with Gasteiger partial charge in [0.25, 0.3) is 5.91 Å². The van der Waals surface area contributed by atoms with E-state index in [1.165, 1.54) is 0 Å². The van der Waals surface area contributed by atoms with Crippen molar-refractivity contribution in [3.05, 3.63) is 28.8 Å². The van der Waals surface area contributed by atoms with E-state index in [0.29, 0.717) is 29.4 Å². The molecule has 1 N–H and O–H groups in total. The van der Waals surface area contributed by atoms with Crippen LogP contribution in [-0.2, 0) is 0 Å². The van der Waals surface area contributed by atoms with Gasteiger partial charge in [0.1, 0.15) is 5.75 Å². The van der Waals surface area contributed by atoms with Gasteiger partial charge in [-0.15, -0.1) is 0 Å². The number of carbonyl (C=O) groups excluding carboxylic acids is 1. The number of halogens is 1.